The number of hydrogen-bond acceptors (Lipinski definition) is 5. The number of halogens is 1. The molecule has 0 atom stereocenters. The average Bonchev–Trinajstić information content (AvgIpc) is 3.34. The van der Waals surface area contributed by atoms with Gasteiger partial charge in [0.1, 0.15) is 5.82 Å². The first-order valence-electron chi connectivity index (χ1n) is 7.21. The smallest absolute Gasteiger partial charge is 0.177 e. The summed E-state index contributed by atoms with van der Waals surface area (Å²) in [5.74, 6) is 1.19. The lowest BCUT2D eigenvalue weighted by atomic mass is 10.2. The zero-order chi connectivity index (χ0) is 16.4. The molecule has 3 aromatic heterocycles. The molecule has 3 heterocycles. The molecule has 0 fully saturated rings. The number of aromatic nitrogens is 3. The molecule has 0 radical (unpaired) electrons. The Labute approximate surface area is 145 Å². The van der Waals surface area contributed by atoms with E-state index < -0.39 is 0 Å². The predicted octanol–water partition coefficient (Wildman–Crippen LogP) is 5.22. The molecular weight excluding hydrogens is 345 g/mol. The van der Waals surface area contributed by atoms with Gasteiger partial charge in [-0.05, 0) is 41.3 Å². The molecule has 0 spiro atoms. The number of imidazole rings is 1. The Balaban J connectivity index is 1.42. The lowest BCUT2D eigenvalue weighted by molar-refractivity contribution is 0.427. The van der Waals surface area contributed by atoms with E-state index in [1.54, 1.807) is 41.4 Å². The van der Waals surface area contributed by atoms with Crippen LogP contribution >= 0.6 is 23.1 Å². The van der Waals surface area contributed by atoms with Gasteiger partial charge in [0.05, 0.1) is 22.5 Å². The molecule has 4 aromatic rings. The zero-order valence-electron chi connectivity index (χ0n) is 12.4. The highest BCUT2D eigenvalue weighted by Gasteiger charge is 2.09. The van der Waals surface area contributed by atoms with Gasteiger partial charge >= 0.3 is 0 Å². The first-order chi connectivity index (χ1) is 11.8. The monoisotopic (exact) mass is 357 g/mol. The number of aromatic amines is 1. The molecule has 0 saturated heterocycles. The summed E-state index contributed by atoms with van der Waals surface area (Å²) in [6, 6.07) is 12.3. The van der Waals surface area contributed by atoms with Gasteiger partial charge in [0.25, 0.3) is 0 Å². The standard InChI is InChI=1S/C17H12FN3OS2/c18-12-5-3-11(4-6-12)14-9-19-17(20-14)24-10-13-8-15(22-21-13)16-2-1-7-23-16/h1-9H,10H2,(H,19,20). The summed E-state index contributed by atoms with van der Waals surface area (Å²) >= 11 is 3.16. The van der Waals surface area contributed by atoms with Crippen LogP contribution in [0.1, 0.15) is 5.69 Å². The number of H-pyrrole nitrogens is 1. The van der Waals surface area contributed by atoms with Crippen molar-refractivity contribution in [3.63, 3.8) is 0 Å². The van der Waals surface area contributed by atoms with Crippen molar-refractivity contribution in [2.24, 2.45) is 0 Å². The van der Waals surface area contributed by atoms with E-state index >= 15 is 0 Å². The second-order valence-corrected chi connectivity index (χ2v) is 6.97. The number of nitrogens with zero attached hydrogens (tertiary/aromatic N) is 2. The Morgan fingerprint density at radius 1 is 1.21 bits per heavy atom. The molecule has 1 N–H and O–H groups in total. The number of hydrogen-bond donors (Lipinski definition) is 1. The molecule has 4 rings (SSSR count). The fourth-order valence-electron chi connectivity index (χ4n) is 2.21. The van der Waals surface area contributed by atoms with Gasteiger partial charge in [-0.3, -0.25) is 0 Å². The van der Waals surface area contributed by atoms with Crippen LogP contribution in [0.4, 0.5) is 4.39 Å². The molecule has 0 bridgehead atoms. The molecule has 24 heavy (non-hydrogen) atoms. The highest BCUT2D eigenvalue weighted by atomic mass is 32.2. The zero-order valence-corrected chi connectivity index (χ0v) is 14.0. The maximum absolute atomic E-state index is 13.0. The summed E-state index contributed by atoms with van der Waals surface area (Å²) in [6.07, 6.45) is 1.75. The molecular formula is C17H12FN3OS2. The third kappa shape index (κ3) is 3.27. The summed E-state index contributed by atoms with van der Waals surface area (Å²) in [5.41, 5.74) is 2.62. The Hall–Kier alpha value is -2.38. The first-order valence-corrected chi connectivity index (χ1v) is 9.08. The van der Waals surface area contributed by atoms with E-state index in [2.05, 4.69) is 15.1 Å². The van der Waals surface area contributed by atoms with Crippen LogP contribution in [0.15, 0.2) is 63.7 Å². The maximum Gasteiger partial charge on any atom is 0.177 e. The number of benzene rings is 1. The van der Waals surface area contributed by atoms with Gasteiger partial charge in [0, 0.05) is 11.8 Å². The number of nitrogens with one attached hydrogen (secondary N) is 1. The second kappa shape index (κ2) is 6.62. The van der Waals surface area contributed by atoms with Crippen LogP contribution in [0.25, 0.3) is 21.9 Å². The van der Waals surface area contributed by atoms with Crippen molar-refractivity contribution in [1.29, 1.82) is 0 Å². The van der Waals surface area contributed by atoms with Gasteiger partial charge in [-0.15, -0.1) is 11.3 Å². The van der Waals surface area contributed by atoms with Crippen LogP contribution in [-0.4, -0.2) is 15.1 Å². The number of rotatable bonds is 5. The molecule has 7 heteroatoms. The minimum absolute atomic E-state index is 0.250. The Kier molecular flexibility index (Phi) is 4.18. The molecule has 0 aliphatic heterocycles. The molecule has 4 nitrogen and oxygen atoms in total. The Morgan fingerprint density at radius 3 is 2.88 bits per heavy atom. The van der Waals surface area contributed by atoms with E-state index in [4.69, 9.17) is 4.52 Å². The summed E-state index contributed by atoms with van der Waals surface area (Å²) in [5, 5.41) is 6.88. The largest absolute Gasteiger partial charge is 0.355 e. The number of thiophene rings is 1. The Bertz CT molecular complexity index is 929. The van der Waals surface area contributed by atoms with Crippen molar-refractivity contribution < 1.29 is 8.91 Å². The van der Waals surface area contributed by atoms with Gasteiger partial charge in [-0.25, -0.2) is 9.37 Å². The second-order valence-electron chi connectivity index (χ2n) is 5.06. The van der Waals surface area contributed by atoms with Crippen molar-refractivity contribution in [3.8, 4) is 21.9 Å². The van der Waals surface area contributed by atoms with E-state index in [-0.39, 0.29) is 5.82 Å². The van der Waals surface area contributed by atoms with Crippen molar-refractivity contribution >= 4 is 23.1 Å². The minimum Gasteiger partial charge on any atom is -0.355 e. The molecule has 120 valence electrons. The molecule has 0 saturated carbocycles. The predicted molar refractivity (Wildman–Crippen MR) is 93.4 cm³/mol. The first kappa shape index (κ1) is 15.2. The van der Waals surface area contributed by atoms with E-state index in [1.807, 2.05) is 23.6 Å². The number of thioether (sulfide) groups is 1. The van der Waals surface area contributed by atoms with Gasteiger partial charge < -0.3 is 9.51 Å². The lowest BCUT2D eigenvalue weighted by Crippen LogP contribution is -1.82. The van der Waals surface area contributed by atoms with Crippen LogP contribution in [0, 0.1) is 5.82 Å². The quantitative estimate of drug-likeness (QED) is 0.497. The van der Waals surface area contributed by atoms with E-state index in [0.717, 1.165) is 32.7 Å². The third-order valence-electron chi connectivity index (χ3n) is 3.39. The van der Waals surface area contributed by atoms with E-state index in [9.17, 15) is 4.39 Å². The summed E-state index contributed by atoms with van der Waals surface area (Å²) in [6.45, 7) is 0. The van der Waals surface area contributed by atoms with Crippen molar-refractivity contribution in [1.82, 2.24) is 15.1 Å². The average molecular weight is 357 g/mol. The maximum atomic E-state index is 13.0. The van der Waals surface area contributed by atoms with Gasteiger partial charge in [-0.2, -0.15) is 0 Å². The topological polar surface area (TPSA) is 54.7 Å². The highest BCUT2D eigenvalue weighted by molar-refractivity contribution is 7.98. The molecule has 0 aliphatic carbocycles. The van der Waals surface area contributed by atoms with Crippen LogP contribution in [0.3, 0.4) is 0 Å². The normalized spacial score (nSPS) is 11.0. The van der Waals surface area contributed by atoms with Crippen LogP contribution in [0.5, 0.6) is 0 Å². The van der Waals surface area contributed by atoms with E-state index in [1.165, 1.54) is 12.1 Å². The van der Waals surface area contributed by atoms with Crippen molar-refractivity contribution in [3.05, 3.63) is 65.6 Å². The van der Waals surface area contributed by atoms with Crippen LogP contribution in [-0.2, 0) is 5.75 Å². The summed E-state index contributed by atoms with van der Waals surface area (Å²) < 4.78 is 18.3. The van der Waals surface area contributed by atoms with Crippen molar-refractivity contribution in [2.75, 3.05) is 0 Å². The minimum atomic E-state index is -0.250. The molecule has 0 amide bonds. The summed E-state index contributed by atoms with van der Waals surface area (Å²) in [7, 11) is 0. The molecule has 0 aliphatic rings. The van der Waals surface area contributed by atoms with Gasteiger partial charge in [0.2, 0.25) is 0 Å². The highest BCUT2D eigenvalue weighted by Crippen LogP contribution is 2.28. The van der Waals surface area contributed by atoms with Crippen molar-refractivity contribution in [2.45, 2.75) is 10.9 Å². The molecule has 0 unspecified atom stereocenters. The van der Waals surface area contributed by atoms with Gasteiger partial charge in [-0.1, -0.05) is 23.0 Å². The molecule has 1 aromatic carbocycles. The third-order valence-corrected chi connectivity index (χ3v) is 5.19. The van der Waals surface area contributed by atoms with Crippen LogP contribution < -0.4 is 0 Å². The SMILES string of the molecule is Fc1ccc(-c2cnc(SCc3cc(-c4cccs4)on3)[nH]2)cc1. The Morgan fingerprint density at radius 2 is 2.08 bits per heavy atom. The fourth-order valence-corrected chi connectivity index (χ4v) is 3.61. The van der Waals surface area contributed by atoms with Gasteiger partial charge in [0.15, 0.2) is 10.9 Å². The van der Waals surface area contributed by atoms with Crippen LogP contribution in [0.2, 0.25) is 0 Å². The summed E-state index contributed by atoms with van der Waals surface area (Å²) in [4.78, 5) is 8.64. The lowest BCUT2D eigenvalue weighted by Gasteiger charge is -1.97. The van der Waals surface area contributed by atoms with E-state index in [0.29, 0.717) is 5.75 Å². The fraction of sp³-hybridized carbons (Fsp3) is 0.0588.